The molecule has 4 rings (SSSR count). The number of alkyl halides is 3. The zero-order valence-electron chi connectivity index (χ0n) is 14.6. The second kappa shape index (κ2) is 5.58. The predicted octanol–water partition coefficient (Wildman–Crippen LogP) is 4.90. The average molecular weight is 384 g/mol. The fourth-order valence-corrected chi connectivity index (χ4v) is 4.83. The molecule has 1 amide bonds. The molecule has 2 aromatic rings. The quantitative estimate of drug-likeness (QED) is 0.703. The van der Waals surface area contributed by atoms with Crippen molar-refractivity contribution in [3.63, 3.8) is 0 Å². The zero-order chi connectivity index (χ0) is 18.9. The lowest BCUT2D eigenvalue weighted by molar-refractivity contribution is -0.137. The highest BCUT2D eigenvalue weighted by molar-refractivity contribution is 7.18. The van der Waals surface area contributed by atoms with Gasteiger partial charge in [0.1, 0.15) is 5.60 Å². The molecule has 1 aromatic carbocycles. The van der Waals surface area contributed by atoms with Gasteiger partial charge in [-0.3, -0.25) is 0 Å². The minimum atomic E-state index is -4.36. The lowest BCUT2D eigenvalue weighted by Gasteiger charge is -2.25. The first-order valence-electron chi connectivity index (χ1n) is 8.48. The number of rotatable bonds is 1. The number of ether oxygens (including phenoxy) is 1. The standard InChI is InChI=1S/C18H19F3N2O2S/c1-17(2,3)25-16(24)23-7-10-11(8-23)14(10)15-22-12-6-9(18(19,20)21)4-5-13(12)26-15/h4-6,10-11,14H,7-8H2,1-3H3. The summed E-state index contributed by atoms with van der Waals surface area (Å²) in [7, 11) is 0. The van der Waals surface area contributed by atoms with E-state index in [1.165, 1.54) is 17.4 Å². The maximum absolute atomic E-state index is 12.8. The predicted molar refractivity (Wildman–Crippen MR) is 92.2 cm³/mol. The molecule has 1 aromatic heterocycles. The maximum Gasteiger partial charge on any atom is 0.416 e. The summed E-state index contributed by atoms with van der Waals surface area (Å²) in [5.74, 6) is 0.885. The van der Waals surface area contributed by atoms with Crippen LogP contribution < -0.4 is 0 Å². The molecule has 1 aliphatic carbocycles. The number of amides is 1. The third-order valence-electron chi connectivity index (χ3n) is 4.86. The number of piperidine rings is 1. The SMILES string of the molecule is CC(C)(C)OC(=O)N1CC2C(C1)C2c1nc2cc(C(F)(F)F)ccc2s1. The number of carbonyl (C=O) groups excluding carboxylic acids is 1. The molecular weight excluding hydrogens is 365 g/mol. The molecule has 0 radical (unpaired) electrons. The Morgan fingerprint density at radius 2 is 1.88 bits per heavy atom. The number of nitrogens with zero attached hydrogens (tertiary/aromatic N) is 2. The van der Waals surface area contributed by atoms with Crippen molar-refractivity contribution in [2.75, 3.05) is 13.1 Å². The topological polar surface area (TPSA) is 42.4 Å². The van der Waals surface area contributed by atoms with E-state index in [4.69, 9.17) is 4.74 Å². The number of aromatic nitrogens is 1. The lowest BCUT2D eigenvalue weighted by Crippen LogP contribution is -2.36. The maximum atomic E-state index is 12.8. The minimum Gasteiger partial charge on any atom is -0.444 e. The van der Waals surface area contributed by atoms with Crippen LogP contribution >= 0.6 is 11.3 Å². The van der Waals surface area contributed by atoms with Gasteiger partial charge in [0.15, 0.2) is 0 Å². The van der Waals surface area contributed by atoms with E-state index >= 15 is 0 Å². The average Bonchev–Trinajstić information content (AvgIpc) is 2.87. The Balaban J connectivity index is 1.46. The summed E-state index contributed by atoms with van der Waals surface area (Å²) in [6.07, 6.45) is -4.66. The molecule has 0 N–H and O–H groups in total. The smallest absolute Gasteiger partial charge is 0.416 e. The number of thiazole rings is 1. The summed E-state index contributed by atoms with van der Waals surface area (Å²) < 4.78 is 44.7. The van der Waals surface area contributed by atoms with Crippen LogP contribution in [-0.2, 0) is 10.9 Å². The number of benzene rings is 1. The first kappa shape index (κ1) is 17.6. The van der Waals surface area contributed by atoms with Gasteiger partial charge in [-0.25, -0.2) is 9.78 Å². The van der Waals surface area contributed by atoms with Crippen LogP contribution in [0, 0.1) is 11.8 Å². The molecule has 1 saturated heterocycles. The first-order valence-corrected chi connectivity index (χ1v) is 9.30. The van der Waals surface area contributed by atoms with Crippen molar-refractivity contribution in [1.82, 2.24) is 9.88 Å². The molecule has 140 valence electrons. The van der Waals surface area contributed by atoms with E-state index in [0.29, 0.717) is 30.4 Å². The molecule has 2 unspecified atom stereocenters. The number of halogens is 3. The molecule has 2 aliphatic rings. The van der Waals surface area contributed by atoms with E-state index in [0.717, 1.165) is 21.8 Å². The largest absolute Gasteiger partial charge is 0.444 e. The van der Waals surface area contributed by atoms with Crippen LogP contribution in [-0.4, -0.2) is 34.7 Å². The second-order valence-corrected chi connectivity index (χ2v) is 9.03. The van der Waals surface area contributed by atoms with Crippen molar-refractivity contribution in [3.05, 3.63) is 28.8 Å². The Bertz CT molecular complexity index is 859. The van der Waals surface area contributed by atoms with Crippen LogP contribution in [0.25, 0.3) is 10.2 Å². The van der Waals surface area contributed by atoms with Gasteiger partial charge in [-0.2, -0.15) is 13.2 Å². The van der Waals surface area contributed by atoms with Gasteiger partial charge in [0.2, 0.25) is 0 Å². The molecule has 1 saturated carbocycles. The van der Waals surface area contributed by atoms with E-state index < -0.39 is 17.3 Å². The van der Waals surface area contributed by atoms with Gasteiger partial charge in [-0.05, 0) is 50.8 Å². The van der Waals surface area contributed by atoms with Crippen LogP contribution in [0.4, 0.5) is 18.0 Å². The molecule has 2 heterocycles. The van der Waals surface area contributed by atoms with E-state index in [2.05, 4.69) is 4.98 Å². The van der Waals surface area contributed by atoms with E-state index in [9.17, 15) is 18.0 Å². The van der Waals surface area contributed by atoms with Crippen molar-refractivity contribution < 1.29 is 22.7 Å². The summed E-state index contributed by atoms with van der Waals surface area (Å²) in [5.41, 5.74) is -0.797. The molecule has 2 atom stereocenters. The van der Waals surface area contributed by atoms with Crippen LogP contribution in [0.1, 0.15) is 37.3 Å². The fraction of sp³-hybridized carbons (Fsp3) is 0.556. The first-order chi connectivity index (χ1) is 12.0. The molecule has 8 heteroatoms. The summed E-state index contributed by atoms with van der Waals surface area (Å²) in [6.45, 7) is 6.74. The Labute approximate surface area is 153 Å². The molecule has 26 heavy (non-hydrogen) atoms. The number of carbonyl (C=O) groups is 1. The third kappa shape index (κ3) is 3.15. The third-order valence-corrected chi connectivity index (χ3v) is 6.00. The van der Waals surface area contributed by atoms with E-state index in [1.54, 1.807) is 4.90 Å². The zero-order valence-corrected chi connectivity index (χ0v) is 15.4. The number of fused-ring (bicyclic) bond motifs is 2. The van der Waals surface area contributed by atoms with Crippen molar-refractivity contribution in [1.29, 1.82) is 0 Å². The van der Waals surface area contributed by atoms with Crippen molar-refractivity contribution in [2.24, 2.45) is 11.8 Å². The Hall–Kier alpha value is -1.83. The van der Waals surface area contributed by atoms with Gasteiger partial charge in [0.25, 0.3) is 0 Å². The molecule has 1 aliphatic heterocycles. The Kier molecular flexibility index (Phi) is 3.77. The highest BCUT2D eigenvalue weighted by atomic mass is 32.1. The van der Waals surface area contributed by atoms with Gasteiger partial charge < -0.3 is 9.64 Å². The normalized spacial score (nSPS) is 25.5. The van der Waals surface area contributed by atoms with Gasteiger partial charge in [0.05, 0.1) is 20.8 Å². The van der Waals surface area contributed by atoms with Gasteiger partial charge in [-0.15, -0.1) is 11.3 Å². The van der Waals surface area contributed by atoms with Crippen molar-refractivity contribution in [3.8, 4) is 0 Å². The highest BCUT2D eigenvalue weighted by Crippen LogP contribution is 2.59. The molecule has 0 bridgehead atoms. The Morgan fingerprint density at radius 3 is 2.46 bits per heavy atom. The van der Waals surface area contributed by atoms with Crippen LogP contribution in [0.15, 0.2) is 18.2 Å². The van der Waals surface area contributed by atoms with Crippen LogP contribution in [0.5, 0.6) is 0 Å². The van der Waals surface area contributed by atoms with E-state index in [-0.39, 0.29) is 12.0 Å². The van der Waals surface area contributed by atoms with Gasteiger partial charge in [-0.1, -0.05) is 0 Å². The molecular formula is C18H19F3N2O2S. The molecule has 2 fully saturated rings. The molecule has 4 nitrogen and oxygen atoms in total. The number of hydrogen-bond acceptors (Lipinski definition) is 4. The molecule has 0 spiro atoms. The summed E-state index contributed by atoms with van der Waals surface area (Å²) in [5, 5.41) is 0.873. The fourth-order valence-electron chi connectivity index (χ4n) is 3.63. The van der Waals surface area contributed by atoms with Crippen molar-refractivity contribution >= 4 is 27.6 Å². The van der Waals surface area contributed by atoms with Crippen LogP contribution in [0.2, 0.25) is 0 Å². The number of likely N-dealkylation sites (tertiary alicyclic amines) is 1. The van der Waals surface area contributed by atoms with E-state index in [1.807, 2.05) is 20.8 Å². The van der Waals surface area contributed by atoms with Gasteiger partial charge >= 0.3 is 12.3 Å². The van der Waals surface area contributed by atoms with Gasteiger partial charge in [0, 0.05) is 19.0 Å². The second-order valence-electron chi connectivity index (χ2n) is 7.97. The summed E-state index contributed by atoms with van der Waals surface area (Å²) >= 11 is 1.45. The highest BCUT2D eigenvalue weighted by Gasteiger charge is 2.59. The summed E-state index contributed by atoms with van der Waals surface area (Å²) in [4.78, 5) is 18.3. The summed E-state index contributed by atoms with van der Waals surface area (Å²) in [6, 6.07) is 3.70. The van der Waals surface area contributed by atoms with Crippen LogP contribution in [0.3, 0.4) is 0 Å². The lowest BCUT2D eigenvalue weighted by atomic mass is 10.2. The minimum absolute atomic E-state index is 0.237. The van der Waals surface area contributed by atoms with Crippen molar-refractivity contribution in [2.45, 2.75) is 38.5 Å². The number of hydrogen-bond donors (Lipinski definition) is 0. The monoisotopic (exact) mass is 384 g/mol. The Morgan fingerprint density at radius 1 is 1.23 bits per heavy atom.